The summed E-state index contributed by atoms with van der Waals surface area (Å²) in [6, 6.07) is 4.72. The van der Waals surface area contributed by atoms with E-state index in [1.165, 1.54) is 6.07 Å². The lowest BCUT2D eigenvalue weighted by Gasteiger charge is -2.19. The van der Waals surface area contributed by atoms with Crippen LogP contribution in [0.15, 0.2) is 27.6 Å². The third kappa shape index (κ3) is 3.68. The van der Waals surface area contributed by atoms with Crippen LogP contribution in [0.4, 0.5) is 0 Å². The van der Waals surface area contributed by atoms with Gasteiger partial charge in [-0.2, -0.15) is 0 Å². The van der Waals surface area contributed by atoms with Crippen LogP contribution in [-0.4, -0.2) is 32.7 Å². The quantitative estimate of drug-likeness (QED) is 0.895. The Morgan fingerprint density at radius 3 is 2.80 bits per heavy atom. The van der Waals surface area contributed by atoms with Crippen molar-refractivity contribution in [2.75, 3.05) is 5.75 Å². The molecule has 0 radical (unpaired) electrons. The van der Waals surface area contributed by atoms with Gasteiger partial charge in [-0.1, -0.05) is 15.9 Å². The Hall–Kier alpha value is -0.720. The number of carboxylic acid groups (broad SMARTS) is 1. The highest BCUT2D eigenvalue weighted by Crippen LogP contribution is 2.31. The van der Waals surface area contributed by atoms with Crippen LogP contribution in [0.5, 0.6) is 0 Å². The van der Waals surface area contributed by atoms with Crippen LogP contribution in [-0.2, 0) is 15.5 Å². The van der Waals surface area contributed by atoms with Gasteiger partial charge in [0.15, 0.2) is 0 Å². The molecule has 0 aliphatic carbocycles. The van der Waals surface area contributed by atoms with E-state index in [1.807, 2.05) is 13.8 Å². The van der Waals surface area contributed by atoms with Crippen molar-refractivity contribution in [1.29, 1.82) is 0 Å². The van der Waals surface area contributed by atoms with Crippen molar-refractivity contribution in [2.45, 2.75) is 43.3 Å². The maximum absolute atomic E-state index is 12.4. The van der Waals surface area contributed by atoms with E-state index in [1.54, 1.807) is 12.1 Å². The van der Waals surface area contributed by atoms with Crippen molar-refractivity contribution in [3.63, 3.8) is 0 Å². The highest BCUT2D eigenvalue weighted by molar-refractivity contribution is 9.10. The van der Waals surface area contributed by atoms with Gasteiger partial charge in [-0.25, -0.2) is 4.79 Å². The molecule has 1 N–H and O–H groups in total. The van der Waals surface area contributed by atoms with Crippen molar-refractivity contribution >= 4 is 32.7 Å². The van der Waals surface area contributed by atoms with Gasteiger partial charge in [0.25, 0.3) is 0 Å². The van der Waals surface area contributed by atoms with Crippen LogP contribution >= 0.6 is 15.9 Å². The Morgan fingerprint density at radius 2 is 2.25 bits per heavy atom. The number of rotatable bonds is 4. The number of halogens is 1. The Labute approximate surface area is 129 Å². The maximum atomic E-state index is 12.4. The Balaban J connectivity index is 2.17. The molecule has 1 aliphatic rings. The van der Waals surface area contributed by atoms with Crippen molar-refractivity contribution in [1.82, 2.24) is 0 Å². The normalized spacial score (nSPS) is 22.6. The maximum Gasteiger partial charge on any atom is 0.336 e. The predicted octanol–water partition coefficient (Wildman–Crippen LogP) is 3.21. The molecule has 1 aliphatic heterocycles. The van der Waals surface area contributed by atoms with Gasteiger partial charge in [0.05, 0.1) is 38.7 Å². The van der Waals surface area contributed by atoms with E-state index < -0.39 is 16.8 Å². The van der Waals surface area contributed by atoms with Crippen LogP contribution in [0, 0.1) is 0 Å². The first-order valence-electron chi connectivity index (χ1n) is 6.37. The molecule has 1 fully saturated rings. The number of carbonyl (C=O) groups is 1. The largest absolute Gasteiger partial charge is 0.478 e. The van der Waals surface area contributed by atoms with E-state index in [9.17, 15) is 9.00 Å². The first-order chi connectivity index (χ1) is 9.28. The first-order valence-corrected chi connectivity index (χ1v) is 8.49. The van der Waals surface area contributed by atoms with Gasteiger partial charge < -0.3 is 9.84 Å². The summed E-state index contributed by atoms with van der Waals surface area (Å²) in [5.41, 5.74) is -0.0920. The fraction of sp³-hybridized carbons (Fsp3) is 0.500. The van der Waals surface area contributed by atoms with Gasteiger partial charge in [0.1, 0.15) is 0 Å². The molecule has 1 aromatic carbocycles. The molecule has 4 nitrogen and oxygen atoms in total. The van der Waals surface area contributed by atoms with E-state index in [2.05, 4.69) is 15.9 Å². The summed E-state index contributed by atoms with van der Waals surface area (Å²) in [6.45, 7) is 4.02. The summed E-state index contributed by atoms with van der Waals surface area (Å²) in [4.78, 5) is 11.5. The van der Waals surface area contributed by atoms with Gasteiger partial charge in [-0.15, -0.1) is 0 Å². The summed E-state index contributed by atoms with van der Waals surface area (Å²) < 4.78 is 19.0. The molecule has 1 saturated heterocycles. The van der Waals surface area contributed by atoms with Crippen molar-refractivity contribution in [3.8, 4) is 0 Å². The average molecular weight is 361 g/mol. The summed E-state index contributed by atoms with van der Waals surface area (Å²) in [5, 5.41) is 9.17. The topological polar surface area (TPSA) is 63.6 Å². The highest BCUT2D eigenvalue weighted by atomic mass is 79.9. The molecular weight excluding hydrogens is 344 g/mol. The molecule has 0 saturated carbocycles. The summed E-state index contributed by atoms with van der Waals surface area (Å²) in [5.74, 6) is -0.728. The minimum absolute atomic E-state index is 0.0774. The van der Waals surface area contributed by atoms with Crippen molar-refractivity contribution in [2.24, 2.45) is 0 Å². The van der Waals surface area contributed by atoms with Crippen LogP contribution in [0.25, 0.3) is 0 Å². The van der Waals surface area contributed by atoms with E-state index in [0.717, 1.165) is 17.3 Å². The third-order valence-corrected chi connectivity index (χ3v) is 5.31. The smallest absolute Gasteiger partial charge is 0.336 e. The summed E-state index contributed by atoms with van der Waals surface area (Å²) >= 11 is 3.29. The molecule has 2 unspecified atom stereocenters. The fourth-order valence-electron chi connectivity index (χ4n) is 2.31. The number of ether oxygens (including phenoxy) is 1. The Kier molecular flexibility index (Phi) is 4.66. The molecule has 0 aromatic heterocycles. The summed E-state index contributed by atoms with van der Waals surface area (Å²) in [7, 11) is -1.38. The predicted molar refractivity (Wildman–Crippen MR) is 80.6 cm³/mol. The van der Waals surface area contributed by atoms with E-state index >= 15 is 0 Å². The van der Waals surface area contributed by atoms with Crippen LogP contribution in [0.1, 0.15) is 37.0 Å². The number of hydrogen-bond acceptors (Lipinski definition) is 3. The van der Waals surface area contributed by atoms with E-state index in [0.29, 0.717) is 10.6 Å². The van der Waals surface area contributed by atoms with Gasteiger partial charge in [0, 0.05) is 4.47 Å². The van der Waals surface area contributed by atoms with E-state index in [4.69, 9.17) is 9.84 Å². The fourth-order valence-corrected chi connectivity index (χ4v) is 4.24. The lowest BCUT2D eigenvalue weighted by molar-refractivity contribution is -0.00500. The van der Waals surface area contributed by atoms with Crippen molar-refractivity contribution in [3.05, 3.63) is 28.2 Å². The first kappa shape index (κ1) is 15.7. The molecule has 1 aromatic rings. The molecular formula is C14H17BrO4S. The van der Waals surface area contributed by atoms with E-state index in [-0.39, 0.29) is 17.3 Å². The van der Waals surface area contributed by atoms with Gasteiger partial charge in [0.2, 0.25) is 0 Å². The van der Waals surface area contributed by atoms with Gasteiger partial charge in [-0.05, 0) is 44.9 Å². The zero-order chi connectivity index (χ0) is 14.9. The van der Waals surface area contributed by atoms with Crippen LogP contribution in [0.2, 0.25) is 0 Å². The van der Waals surface area contributed by atoms with Crippen LogP contribution in [0.3, 0.4) is 0 Å². The molecule has 20 heavy (non-hydrogen) atoms. The number of hydrogen-bond donors (Lipinski definition) is 1. The SMILES string of the molecule is CC1(C)CCC(CS(=O)c2cc(Br)ccc2C(=O)O)O1. The molecule has 0 amide bonds. The summed E-state index contributed by atoms with van der Waals surface area (Å²) in [6.07, 6.45) is 1.71. The Morgan fingerprint density at radius 1 is 1.55 bits per heavy atom. The molecule has 2 rings (SSSR count). The number of benzene rings is 1. The van der Waals surface area contributed by atoms with Crippen LogP contribution < -0.4 is 0 Å². The standard InChI is InChI=1S/C14H17BrO4S/c1-14(2)6-5-10(19-14)8-20(18)12-7-9(15)3-4-11(12)13(16)17/h3-4,7,10H,5-6,8H2,1-2H3,(H,16,17). The molecule has 6 heteroatoms. The second-order valence-corrected chi connectivity index (χ2v) is 7.88. The minimum Gasteiger partial charge on any atom is -0.478 e. The van der Waals surface area contributed by atoms with Crippen molar-refractivity contribution < 1.29 is 18.8 Å². The molecule has 1 heterocycles. The lowest BCUT2D eigenvalue weighted by Crippen LogP contribution is -2.24. The Bertz CT molecular complexity index is 556. The second kappa shape index (κ2) is 5.95. The molecule has 110 valence electrons. The highest BCUT2D eigenvalue weighted by Gasteiger charge is 2.33. The molecule has 0 spiro atoms. The lowest BCUT2D eigenvalue weighted by atomic mass is 10.1. The molecule has 0 bridgehead atoms. The minimum atomic E-state index is -1.38. The zero-order valence-electron chi connectivity index (χ0n) is 11.4. The monoisotopic (exact) mass is 360 g/mol. The van der Waals surface area contributed by atoms with Gasteiger partial charge >= 0.3 is 5.97 Å². The number of carboxylic acids is 1. The average Bonchev–Trinajstić information content (AvgIpc) is 2.68. The third-order valence-electron chi connectivity index (χ3n) is 3.31. The molecule has 2 atom stereocenters. The van der Waals surface area contributed by atoms with Gasteiger partial charge in [-0.3, -0.25) is 4.21 Å². The second-order valence-electron chi connectivity index (χ2n) is 5.50. The zero-order valence-corrected chi connectivity index (χ0v) is 13.8. The number of aromatic carboxylic acids is 1.